The van der Waals surface area contributed by atoms with Crippen LogP contribution in [0.5, 0.6) is 0 Å². The molecule has 0 aromatic carbocycles. The maximum absolute atomic E-state index is 13.2. The van der Waals surface area contributed by atoms with Crippen LogP contribution in [0.2, 0.25) is 0 Å². The summed E-state index contributed by atoms with van der Waals surface area (Å²) < 4.78 is 42.4. The van der Waals surface area contributed by atoms with E-state index in [1.54, 1.807) is 0 Å². The molecule has 80 valence electrons. The summed E-state index contributed by atoms with van der Waals surface area (Å²) in [5, 5.41) is 0. The van der Waals surface area contributed by atoms with E-state index in [4.69, 9.17) is 4.74 Å². The average molecular weight is 206 g/mol. The monoisotopic (exact) mass is 206 g/mol. The van der Waals surface area contributed by atoms with Gasteiger partial charge in [-0.05, 0) is 18.8 Å². The molecule has 4 heteroatoms. The third kappa shape index (κ3) is 1.67. The van der Waals surface area contributed by atoms with Crippen molar-refractivity contribution in [3.8, 4) is 0 Å². The van der Waals surface area contributed by atoms with Gasteiger partial charge in [0.25, 0.3) is 12.3 Å². The highest BCUT2D eigenvalue weighted by molar-refractivity contribution is 5.11. The van der Waals surface area contributed by atoms with E-state index in [9.17, 15) is 13.2 Å². The van der Waals surface area contributed by atoms with E-state index in [0.29, 0.717) is 12.3 Å². The molecular formula is C10H13F3O. The molecule has 1 fully saturated rings. The van der Waals surface area contributed by atoms with Gasteiger partial charge in [0.05, 0.1) is 6.10 Å². The summed E-state index contributed by atoms with van der Waals surface area (Å²) in [6.45, 7) is 0.799. The summed E-state index contributed by atoms with van der Waals surface area (Å²) in [6, 6.07) is 0. The zero-order valence-corrected chi connectivity index (χ0v) is 7.92. The Balaban J connectivity index is 1.96. The third-order valence-electron chi connectivity index (χ3n) is 2.99. The lowest BCUT2D eigenvalue weighted by molar-refractivity contribution is -0.237. The van der Waals surface area contributed by atoms with E-state index in [-0.39, 0.29) is 12.0 Å². The first-order valence-electron chi connectivity index (χ1n) is 4.82. The first-order valence-corrected chi connectivity index (χ1v) is 4.82. The Hall–Kier alpha value is -0.510. The number of alkyl halides is 3. The van der Waals surface area contributed by atoms with E-state index >= 15 is 0 Å². The van der Waals surface area contributed by atoms with E-state index in [1.165, 1.54) is 0 Å². The van der Waals surface area contributed by atoms with Crippen molar-refractivity contribution >= 4 is 0 Å². The Labute approximate surface area is 80.9 Å². The van der Waals surface area contributed by atoms with Crippen molar-refractivity contribution in [2.45, 2.75) is 38.1 Å². The Morgan fingerprint density at radius 2 is 2.07 bits per heavy atom. The molecule has 14 heavy (non-hydrogen) atoms. The molecule has 4 unspecified atom stereocenters. The summed E-state index contributed by atoms with van der Waals surface area (Å²) >= 11 is 0. The zero-order valence-electron chi connectivity index (χ0n) is 7.92. The van der Waals surface area contributed by atoms with E-state index < -0.39 is 12.3 Å². The number of allylic oxidation sites excluding steroid dienone is 1. The highest BCUT2D eigenvalue weighted by atomic mass is 19.3. The maximum atomic E-state index is 13.2. The zero-order chi connectivity index (χ0) is 10.3. The second-order valence-electron chi connectivity index (χ2n) is 4.22. The normalized spacial score (nSPS) is 39.4. The Morgan fingerprint density at radius 1 is 1.36 bits per heavy atom. The molecule has 0 saturated heterocycles. The van der Waals surface area contributed by atoms with Gasteiger partial charge in [0.1, 0.15) is 0 Å². The lowest BCUT2D eigenvalue weighted by atomic mass is 10.0. The van der Waals surface area contributed by atoms with Gasteiger partial charge in [-0.2, -0.15) is 0 Å². The van der Waals surface area contributed by atoms with Gasteiger partial charge in [-0.25, -0.2) is 13.2 Å². The van der Waals surface area contributed by atoms with Crippen LogP contribution in [0.4, 0.5) is 13.2 Å². The largest absolute Gasteiger partial charge is 0.338 e. The van der Waals surface area contributed by atoms with Crippen LogP contribution < -0.4 is 0 Å². The summed E-state index contributed by atoms with van der Waals surface area (Å²) in [6.07, 6.45) is 2.15. The first-order chi connectivity index (χ1) is 6.49. The van der Waals surface area contributed by atoms with Gasteiger partial charge in [-0.1, -0.05) is 12.2 Å². The number of ether oxygens (including phenoxy) is 1. The molecule has 0 aliphatic heterocycles. The smallest absolute Gasteiger partial charge is 0.296 e. The van der Waals surface area contributed by atoms with Crippen molar-refractivity contribution in [2.75, 3.05) is 0 Å². The van der Waals surface area contributed by atoms with Crippen molar-refractivity contribution in [3.63, 3.8) is 0 Å². The van der Waals surface area contributed by atoms with E-state index in [0.717, 1.165) is 13.3 Å². The van der Waals surface area contributed by atoms with Gasteiger partial charge < -0.3 is 4.74 Å². The predicted molar refractivity (Wildman–Crippen MR) is 45.7 cm³/mol. The lowest BCUT2D eigenvalue weighted by Gasteiger charge is -2.27. The fourth-order valence-corrected chi connectivity index (χ4v) is 2.21. The Morgan fingerprint density at radius 3 is 2.50 bits per heavy atom. The standard InChI is InChI=1S/C10H13F3O/c1-10(13,9(11)12)14-8-5-6-2-3-7(8)4-6/h2-3,6-9H,4-5H2,1H3. The van der Waals surface area contributed by atoms with Crippen LogP contribution in [0.1, 0.15) is 19.8 Å². The van der Waals surface area contributed by atoms with Crippen LogP contribution in [-0.2, 0) is 4.74 Å². The van der Waals surface area contributed by atoms with Crippen molar-refractivity contribution in [3.05, 3.63) is 12.2 Å². The van der Waals surface area contributed by atoms with Crippen molar-refractivity contribution in [1.82, 2.24) is 0 Å². The molecule has 0 N–H and O–H groups in total. The Bertz CT molecular complexity index is 250. The molecule has 0 spiro atoms. The average Bonchev–Trinajstić information content (AvgIpc) is 2.63. The van der Waals surface area contributed by atoms with Gasteiger partial charge in [-0.15, -0.1) is 0 Å². The van der Waals surface area contributed by atoms with Gasteiger partial charge in [0.15, 0.2) is 0 Å². The van der Waals surface area contributed by atoms with Crippen LogP contribution in [-0.4, -0.2) is 18.4 Å². The minimum Gasteiger partial charge on any atom is -0.338 e. The van der Waals surface area contributed by atoms with Crippen molar-refractivity contribution in [1.29, 1.82) is 0 Å². The van der Waals surface area contributed by atoms with Gasteiger partial charge >= 0.3 is 0 Å². The fourth-order valence-electron chi connectivity index (χ4n) is 2.21. The molecule has 0 radical (unpaired) electrons. The number of hydrogen-bond acceptors (Lipinski definition) is 1. The lowest BCUT2D eigenvalue weighted by Crippen LogP contribution is -2.37. The molecule has 1 saturated carbocycles. The van der Waals surface area contributed by atoms with E-state index in [2.05, 4.69) is 6.08 Å². The number of fused-ring (bicyclic) bond motifs is 2. The summed E-state index contributed by atoms with van der Waals surface area (Å²) in [7, 11) is 0. The van der Waals surface area contributed by atoms with Crippen LogP contribution >= 0.6 is 0 Å². The topological polar surface area (TPSA) is 9.23 Å². The quantitative estimate of drug-likeness (QED) is 0.645. The number of rotatable bonds is 3. The van der Waals surface area contributed by atoms with Crippen molar-refractivity contribution < 1.29 is 17.9 Å². The van der Waals surface area contributed by atoms with Crippen molar-refractivity contribution in [2.24, 2.45) is 11.8 Å². The minimum atomic E-state index is -3.08. The second-order valence-corrected chi connectivity index (χ2v) is 4.22. The molecule has 0 amide bonds. The Kier molecular flexibility index (Phi) is 2.33. The summed E-state index contributed by atoms with van der Waals surface area (Å²) in [4.78, 5) is 0. The minimum absolute atomic E-state index is 0.133. The molecular weight excluding hydrogens is 193 g/mol. The van der Waals surface area contributed by atoms with Gasteiger partial charge in [0, 0.05) is 12.8 Å². The fraction of sp³-hybridized carbons (Fsp3) is 0.800. The molecule has 0 aromatic heterocycles. The third-order valence-corrected chi connectivity index (χ3v) is 2.99. The molecule has 2 aliphatic rings. The number of hydrogen-bond donors (Lipinski definition) is 0. The summed E-state index contributed by atoms with van der Waals surface area (Å²) in [5.41, 5.74) is 0. The van der Waals surface area contributed by atoms with Gasteiger partial charge in [-0.3, -0.25) is 0 Å². The highest BCUT2D eigenvalue weighted by Crippen LogP contribution is 2.43. The van der Waals surface area contributed by atoms with Crippen LogP contribution in [0.3, 0.4) is 0 Å². The molecule has 2 rings (SSSR count). The summed E-state index contributed by atoms with van der Waals surface area (Å²) in [5.74, 6) is -2.27. The van der Waals surface area contributed by atoms with E-state index in [1.807, 2.05) is 6.08 Å². The second kappa shape index (κ2) is 3.26. The molecule has 0 heterocycles. The maximum Gasteiger partial charge on any atom is 0.296 e. The predicted octanol–water partition coefficient (Wildman–Crippen LogP) is 2.92. The first kappa shape index (κ1) is 10.0. The van der Waals surface area contributed by atoms with Gasteiger partial charge in [0.2, 0.25) is 0 Å². The van der Waals surface area contributed by atoms with Crippen LogP contribution in [0, 0.1) is 11.8 Å². The molecule has 4 atom stereocenters. The molecule has 0 aromatic rings. The molecule has 2 bridgehead atoms. The number of halogens is 3. The van der Waals surface area contributed by atoms with Crippen LogP contribution in [0.25, 0.3) is 0 Å². The SMILES string of the molecule is CC(F)(OC1CC2C=CC1C2)C(F)F. The molecule has 2 aliphatic carbocycles. The molecule has 1 nitrogen and oxygen atoms in total. The highest BCUT2D eigenvalue weighted by Gasteiger charge is 2.44. The van der Waals surface area contributed by atoms with Crippen LogP contribution in [0.15, 0.2) is 12.2 Å².